The van der Waals surface area contributed by atoms with Crippen molar-refractivity contribution >= 4 is 52.6 Å². The van der Waals surface area contributed by atoms with Gasteiger partial charge in [-0.2, -0.15) is 0 Å². The van der Waals surface area contributed by atoms with E-state index in [0.717, 1.165) is 30.0 Å². The Bertz CT molecular complexity index is 1270. The molecule has 5 nitrogen and oxygen atoms in total. The molecule has 7 heteroatoms. The highest BCUT2D eigenvalue weighted by Gasteiger charge is 2.22. The maximum atomic E-state index is 12.7. The van der Waals surface area contributed by atoms with Crippen LogP contribution in [0, 0.1) is 6.92 Å². The van der Waals surface area contributed by atoms with Gasteiger partial charge >= 0.3 is 0 Å². The Kier molecular flexibility index (Phi) is 8.16. The van der Waals surface area contributed by atoms with E-state index in [4.69, 9.17) is 11.6 Å². The van der Waals surface area contributed by atoms with E-state index in [2.05, 4.69) is 53.6 Å². The standard InChI is InChI=1S/C28H28ClN3O2S/c1-3-32(23-10-4-7-19(2)15-23)14-6-13-30-27(33)21-11-12-25-24(18-21)31-28(34)26(35-25)17-20-8-5-9-22(29)16-20/h4-5,7-12,15-18H,3,6,13-14H2,1-2H3,(H,30,33)(H,31,34)/b26-17+. The molecule has 0 saturated carbocycles. The lowest BCUT2D eigenvalue weighted by Crippen LogP contribution is -2.30. The van der Waals surface area contributed by atoms with Crippen LogP contribution in [0.2, 0.25) is 5.02 Å². The fourth-order valence-corrected chi connectivity index (χ4v) is 5.05. The normalized spacial score (nSPS) is 13.8. The van der Waals surface area contributed by atoms with Gasteiger partial charge in [-0.15, -0.1) is 0 Å². The lowest BCUT2D eigenvalue weighted by Gasteiger charge is -2.23. The molecule has 0 spiro atoms. The van der Waals surface area contributed by atoms with Gasteiger partial charge in [0.25, 0.3) is 11.8 Å². The van der Waals surface area contributed by atoms with Crippen LogP contribution in [-0.4, -0.2) is 31.4 Å². The summed E-state index contributed by atoms with van der Waals surface area (Å²) in [6, 6.07) is 21.2. The largest absolute Gasteiger partial charge is 0.372 e. The summed E-state index contributed by atoms with van der Waals surface area (Å²) in [7, 11) is 0. The van der Waals surface area contributed by atoms with Crippen molar-refractivity contribution in [2.45, 2.75) is 25.2 Å². The Hall–Kier alpha value is -3.22. The first-order chi connectivity index (χ1) is 16.9. The van der Waals surface area contributed by atoms with Crippen LogP contribution in [0.15, 0.2) is 76.5 Å². The Balaban J connectivity index is 1.34. The van der Waals surface area contributed by atoms with E-state index in [1.165, 1.54) is 23.0 Å². The molecule has 180 valence electrons. The average molecular weight is 506 g/mol. The summed E-state index contributed by atoms with van der Waals surface area (Å²) < 4.78 is 0. The van der Waals surface area contributed by atoms with E-state index in [1.807, 2.05) is 30.3 Å². The highest BCUT2D eigenvalue weighted by Crippen LogP contribution is 2.39. The van der Waals surface area contributed by atoms with Gasteiger partial charge in [0.15, 0.2) is 0 Å². The molecule has 1 aliphatic rings. The number of carbonyl (C=O) groups excluding carboxylic acids is 2. The van der Waals surface area contributed by atoms with E-state index in [9.17, 15) is 9.59 Å². The van der Waals surface area contributed by atoms with Gasteiger partial charge in [-0.1, -0.05) is 47.6 Å². The number of hydrogen-bond acceptors (Lipinski definition) is 4. The monoisotopic (exact) mass is 505 g/mol. The van der Waals surface area contributed by atoms with Gasteiger partial charge in [0.05, 0.1) is 10.6 Å². The Labute approximate surface area is 215 Å². The summed E-state index contributed by atoms with van der Waals surface area (Å²) in [5, 5.41) is 6.52. The third-order valence-electron chi connectivity index (χ3n) is 5.72. The first kappa shape index (κ1) is 24.9. The minimum atomic E-state index is -0.198. The number of halogens is 1. The first-order valence-corrected chi connectivity index (χ1v) is 12.8. The minimum Gasteiger partial charge on any atom is -0.372 e. The molecule has 3 aromatic carbocycles. The Morgan fingerprint density at radius 3 is 2.71 bits per heavy atom. The van der Waals surface area contributed by atoms with E-state index >= 15 is 0 Å². The second-order valence-electron chi connectivity index (χ2n) is 8.36. The summed E-state index contributed by atoms with van der Waals surface area (Å²) >= 11 is 7.43. The molecule has 0 saturated heterocycles. The zero-order valence-electron chi connectivity index (χ0n) is 19.8. The van der Waals surface area contributed by atoms with Crippen molar-refractivity contribution in [2.75, 3.05) is 29.9 Å². The molecule has 0 unspecified atom stereocenters. The SMILES string of the molecule is CCN(CCCNC(=O)c1ccc2c(c1)NC(=O)/C(=C\c1cccc(Cl)c1)S2)c1cccc(C)c1. The van der Waals surface area contributed by atoms with Crippen LogP contribution in [0.25, 0.3) is 6.08 Å². The van der Waals surface area contributed by atoms with Gasteiger partial charge in [-0.25, -0.2) is 0 Å². The number of nitrogens with zero attached hydrogens (tertiary/aromatic N) is 1. The zero-order valence-corrected chi connectivity index (χ0v) is 21.4. The summed E-state index contributed by atoms with van der Waals surface area (Å²) in [5.74, 6) is -0.346. The highest BCUT2D eigenvalue weighted by atomic mass is 35.5. The first-order valence-electron chi connectivity index (χ1n) is 11.6. The molecule has 3 aromatic rings. The summed E-state index contributed by atoms with van der Waals surface area (Å²) in [5.41, 5.74) is 4.47. The number of hydrogen-bond donors (Lipinski definition) is 2. The topological polar surface area (TPSA) is 61.4 Å². The molecule has 0 radical (unpaired) electrons. The zero-order chi connectivity index (χ0) is 24.8. The molecule has 35 heavy (non-hydrogen) atoms. The van der Waals surface area contributed by atoms with E-state index in [1.54, 1.807) is 18.2 Å². The molecular formula is C28H28ClN3O2S. The van der Waals surface area contributed by atoms with Crippen molar-refractivity contribution in [3.05, 3.63) is 93.3 Å². The number of anilines is 2. The van der Waals surface area contributed by atoms with Crippen LogP contribution in [0.4, 0.5) is 11.4 Å². The van der Waals surface area contributed by atoms with Crippen LogP contribution in [0.1, 0.15) is 34.8 Å². The highest BCUT2D eigenvalue weighted by molar-refractivity contribution is 8.04. The van der Waals surface area contributed by atoms with Crippen LogP contribution in [0.3, 0.4) is 0 Å². The fourth-order valence-electron chi connectivity index (χ4n) is 3.92. The van der Waals surface area contributed by atoms with Crippen molar-refractivity contribution in [2.24, 2.45) is 0 Å². The van der Waals surface area contributed by atoms with Gasteiger partial charge in [0.2, 0.25) is 0 Å². The fraction of sp³-hybridized carbons (Fsp3) is 0.214. The van der Waals surface area contributed by atoms with Crippen LogP contribution in [-0.2, 0) is 4.79 Å². The molecule has 2 amide bonds. The number of benzene rings is 3. The maximum Gasteiger partial charge on any atom is 0.262 e. The third kappa shape index (κ3) is 6.47. The van der Waals surface area contributed by atoms with Gasteiger partial charge in [0, 0.05) is 40.8 Å². The maximum absolute atomic E-state index is 12.7. The Morgan fingerprint density at radius 1 is 1.11 bits per heavy atom. The van der Waals surface area contributed by atoms with E-state index < -0.39 is 0 Å². The van der Waals surface area contributed by atoms with Crippen molar-refractivity contribution < 1.29 is 9.59 Å². The van der Waals surface area contributed by atoms with Gasteiger partial charge in [-0.3, -0.25) is 9.59 Å². The Morgan fingerprint density at radius 2 is 1.94 bits per heavy atom. The lowest BCUT2D eigenvalue weighted by molar-refractivity contribution is -0.112. The second-order valence-corrected chi connectivity index (χ2v) is 9.88. The molecule has 0 aromatic heterocycles. The predicted octanol–water partition coefficient (Wildman–Crippen LogP) is 6.38. The van der Waals surface area contributed by atoms with E-state index in [0.29, 0.717) is 27.7 Å². The molecule has 2 N–H and O–H groups in total. The molecule has 1 aliphatic heterocycles. The van der Waals surface area contributed by atoms with E-state index in [-0.39, 0.29) is 11.8 Å². The molecule has 1 heterocycles. The summed E-state index contributed by atoms with van der Waals surface area (Å²) in [6.45, 7) is 6.57. The van der Waals surface area contributed by atoms with Crippen molar-refractivity contribution in [3.8, 4) is 0 Å². The number of nitrogens with one attached hydrogen (secondary N) is 2. The van der Waals surface area contributed by atoms with Crippen LogP contribution in [0.5, 0.6) is 0 Å². The average Bonchev–Trinajstić information content (AvgIpc) is 2.84. The van der Waals surface area contributed by atoms with Crippen LogP contribution >= 0.6 is 23.4 Å². The quantitative estimate of drug-likeness (QED) is 0.275. The molecule has 0 atom stereocenters. The third-order valence-corrected chi connectivity index (χ3v) is 7.05. The number of thioether (sulfide) groups is 1. The number of rotatable bonds is 8. The number of amides is 2. The molecule has 0 fully saturated rings. The summed E-state index contributed by atoms with van der Waals surface area (Å²) in [4.78, 5) is 29.1. The summed E-state index contributed by atoms with van der Waals surface area (Å²) in [6.07, 6.45) is 2.65. The number of carbonyl (C=O) groups is 2. The van der Waals surface area contributed by atoms with Crippen molar-refractivity contribution in [3.63, 3.8) is 0 Å². The van der Waals surface area contributed by atoms with Gasteiger partial charge in [-0.05, 0) is 79.9 Å². The number of aryl methyl sites for hydroxylation is 1. The van der Waals surface area contributed by atoms with Gasteiger partial charge < -0.3 is 15.5 Å². The number of fused-ring (bicyclic) bond motifs is 1. The molecule has 0 bridgehead atoms. The predicted molar refractivity (Wildman–Crippen MR) is 146 cm³/mol. The van der Waals surface area contributed by atoms with Crippen LogP contribution < -0.4 is 15.5 Å². The molecule has 0 aliphatic carbocycles. The lowest BCUT2D eigenvalue weighted by atomic mass is 10.1. The molecular weight excluding hydrogens is 478 g/mol. The second kappa shape index (κ2) is 11.5. The van der Waals surface area contributed by atoms with Crippen molar-refractivity contribution in [1.29, 1.82) is 0 Å². The molecule has 4 rings (SSSR count). The minimum absolute atomic E-state index is 0.147. The van der Waals surface area contributed by atoms with Gasteiger partial charge in [0.1, 0.15) is 0 Å². The smallest absolute Gasteiger partial charge is 0.262 e. The van der Waals surface area contributed by atoms with Crippen molar-refractivity contribution in [1.82, 2.24) is 5.32 Å².